The van der Waals surface area contributed by atoms with E-state index < -0.39 is 23.6 Å². The van der Waals surface area contributed by atoms with E-state index in [2.05, 4.69) is 17.0 Å². The number of hydrogen-bond acceptors (Lipinski definition) is 8. The Hall–Kier alpha value is -2.29. The predicted molar refractivity (Wildman–Crippen MR) is 137 cm³/mol. The molecule has 0 aliphatic rings. The van der Waals surface area contributed by atoms with Crippen LogP contribution in [0.2, 0.25) is 0 Å². The van der Waals surface area contributed by atoms with Gasteiger partial charge in [-0.3, -0.25) is 15.0 Å². The minimum absolute atomic E-state index is 0.0925. The molecule has 0 aliphatic carbocycles. The van der Waals surface area contributed by atoms with Gasteiger partial charge in [0.05, 0.1) is 13.0 Å². The van der Waals surface area contributed by atoms with Crippen molar-refractivity contribution in [2.45, 2.75) is 123 Å². The highest BCUT2D eigenvalue weighted by Crippen LogP contribution is 2.14. The molecule has 9 nitrogen and oxygen atoms in total. The van der Waals surface area contributed by atoms with Gasteiger partial charge in [0.25, 0.3) is 0 Å². The lowest BCUT2D eigenvalue weighted by Gasteiger charge is -2.23. The van der Waals surface area contributed by atoms with Crippen molar-refractivity contribution in [1.82, 2.24) is 5.32 Å². The van der Waals surface area contributed by atoms with Gasteiger partial charge in [0.2, 0.25) is 0 Å². The molecule has 1 unspecified atom stereocenters. The first-order valence-electron chi connectivity index (χ1n) is 12.8. The van der Waals surface area contributed by atoms with Crippen LogP contribution in [0.1, 0.15) is 105 Å². The van der Waals surface area contributed by atoms with E-state index in [9.17, 15) is 19.2 Å². The number of Topliss-reactive ketones (excluding diaryl/α,β-unsaturated/α-hetero) is 2. The summed E-state index contributed by atoms with van der Waals surface area (Å²) in [5.41, 5.74) is 5.10. The number of amides is 1. The van der Waals surface area contributed by atoms with Crippen LogP contribution in [0.4, 0.5) is 4.79 Å². The fourth-order valence-electron chi connectivity index (χ4n) is 3.61. The number of rotatable bonds is 18. The molecular formula is C26H47N3O6. The van der Waals surface area contributed by atoms with Crippen LogP contribution in [0, 0.1) is 11.3 Å². The zero-order valence-corrected chi connectivity index (χ0v) is 22.5. The molecule has 0 aliphatic heterocycles. The maximum atomic E-state index is 12.5. The summed E-state index contributed by atoms with van der Waals surface area (Å²) >= 11 is 0. The van der Waals surface area contributed by atoms with Crippen LogP contribution in [-0.2, 0) is 23.9 Å². The summed E-state index contributed by atoms with van der Waals surface area (Å²) in [5.74, 6) is -1.80. The monoisotopic (exact) mass is 497 g/mol. The van der Waals surface area contributed by atoms with E-state index in [1.807, 2.05) is 0 Å². The second-order valence-corrected chi connectivity index (χ2v) is 10.2. The number of ketones is 2. The van der Waals surface area contributed by atoms with Gasteiger partial charge in [0.1, 0.15) is 22.9 Å². The normalized spacial score (nSPS) is 13.9. The maximum Gasteiger partial charge on any atom is 0.407 e. The number of alkyl carbamates (subject to hydrolysis) is 1. The Morgan fingerprint density at radius 2 is 1.60 bits per heavy atom. The molecule has 0 spiro atoms. The molecule has 4 N–H and O–H groups in total. The third kappa shape index (κ3) is 16.1. The van der Waals surface area contributed by atoms with Crippen molar-refractivity contribution in [3.63, 3.8) is 0 Å². The van der Waals surface area contributed by atoms with Gasteiger partial charge < -0.3 is 20.5 Å². The SMILES string of the molecule is CCCCC[C@@H](CC(=O)CCCCC[C@H](N)CC(=O)C(C)C(=N)C(=O)OC)NC(=O)OC(C)(C)C. The molecule has 0 aromatic rings. The highest BCUT2D eigenvalue weighted by atomic mass is 16.6. The fraction of sp³-hybridized carbons (Fsp3) is 0.808. The summed E-state index contributed by atoms with van der Waals surface area (Å²) in [6.45, 7) is 9.03. The van der Waals surface area contributed by atoms with E-state index in [-0.39, 0.29) is 35.8 Å². The average Bonchev–Trinajstić information content (AvgIpc) is 2.75. The highest BCUT2D eigenvalue weighted by molar-refractivity contribution is 6.39. The summed E-state index contributed by atoms with van der Waals surface area (Å²) in [4.78, 5) is 48.3. The molecule has 0 aromatic heterocycles. The lowest BCUT2D eigenvalue weighted by atomic mass is 9.93. The smallest absolute Gasteiger partial charge is 0.407 e. The van der Waals surface area contributed by atoms with Crippen molar-refractivity contribution in [2.24, 2.45) is 11.7 Å². The number of esters is 1. The van der Waals surface area contributed by atoms with Crippen molar-refractivity contribution in [1.29, 1.82) is 5.41 Å². The van der Waals surface area contributed by atoms with Crippen molar-refractivity contribution in [2.75, 3.05) is 7.11 Å². The van der Waals surface area contributed by atoms with Gasteiger partial charge >= 0.3 is 12.1 Å². The zero-order valence-electron chi connectivity index (χ0n) is 22.5. The van der Waals surface area contributed by atoms with Crippen molar-refractivity contribution < 1.29 is 28.7 Å². The molecule has 1 amide bonds. The molecule has 202 valence electrons. The van der Waals surface area contributed by atoms with Gasteiger partial charge in [0, 0.05) is 31.3 Å². The Bertz CT molecular complexity index is 702. The van der Waals surface area contributed by atoms with Gasteiger partial charge in [-0.25, -0.2) is 9.59 Å². The van der Waals surface area contributed by atoms with Crippen LogP contribution in [0.15, 0.2) is 0 Å². The second kappa shape index (κ2) is 17.2. The topological polar surface area (TPSA) is 149 Å². The van der Waals surface area contributed by atoms with Crippen LogP contribution in [-0.4, -0.2) is 54.1 Å². The summed E-state index contributed by atoms with van der Waals surface area (Å²) in [6, 6.07) is -0.582. The predicted octanol–water partition coefficient (Wildman–Crippen LogP) is 4.49. The first-order chi connectivity index (χ1) is 16.3. The molecule has 35 heavy (non-hydrogen) atoms. The lowest BCUT2D eigenvalue weighted by molar-refractivity contribution is -0.134. The highest BCUT2D eigenvalue weighted by Gasteiger charge is 2.25. The minimum Gasteiger partial charge on any atom is -0.465 e. The maximum absolute atomic E-state index is 12.5. The number of ether oxygens (including phenoxy) is 2. The standard InChI is InChI=1S/C26H47N3O6/c1-7-8-10-14-20(29-25(33)35-26(3,4)5)17-21(30)15-12-9-11-13-19(27)16-22(31)18(2)23(28)24(32)34-6/h18-20,28H,7-17,27H2,1-6H3,(H,29,33)/t18?,19-,20-/m0/s1. The number of carbonyl (C=O) groups excluding carboxylic acids is 4. The average molecular weight is 498 g/mol. The number of unbranched alkanes of at least 4 members (excludes halogenated alkanes) is 4. The number of nitrogens with one attached hydrogen (secondary N) is 2. The molecule has 0 saturated carbocycles. The van der Waals surface area contributed by atoms with Crippen LogP contribution in [0.3, 0.4) is 0 Å². The molecular weight excluding hydrogens is 450 g/mol. The summed E-state index contributed by atoms with van der Waals surface area (Å²) in [5, 5.41) is 10.5. The lowest BCUT2D eigenvalue weighted by Crippen LogP contribution is -2.40. The number of methoxy groups -OCH3 is 1. The number of carbonyl (C=O) groups is 4. The second-order valence-electron chi connectivity index (χ2n) is 10.2. The van der Waals surface area contributed by atoms with Crippen molar-refractivity contribution in [3.05, 3.63) is 0 Å². The van der Waals surface area contributed by atoms with E-state index in [1.165, 1.54) is 14.0 Å². The van der Waals surface area contributed by atoms with Crippen LogP contribution in [0.5, 0.6) is 0 Å². The number of nitrogens with two attached hydrogens (primary N) is 1. The van der Waals surface area contributed by atoms with Crippen LogP contribution < -0.4 is 11.1 Å². The Morgan fingerprint density at radius 1 is 0.971 bits per heavy atom. The Morgan fingerprint density at radius 3 is 2.17 bits per heavy atom. The van der Waals surface area contributed by atoms with E-state index in [4.69, 9.17) is 15.9 Å². The number of hydrogen-bond donors (Lipinski definition) is 3. The molecule has 0 aromatic carbocycles. The van der Waals surface area contributed by atoms with E-state index >= 15 is 0 Å². The quantitative estimate of drug-likeness (QED) is 0.143. The molecule has 0 radical (unpaired) electrons. The molecule has 0 rings (SSSR count). The van der Waals surface area contributed by atoms with Crippen molar-refractivity contribution >= 4 is 29.3 Å². The van der Waals surface area contributed by atoms with Crippen molar-refractivity contribution in [3.8, 4) is 0 Å². The largest absolute Gasteiger partial charge is 0.465 e. The van der Waals surface area contributed by atoms with Gasteiger partial charge in [0.15, 0.2) is 0 Å². The minimum atomic E-state index is -0.842. The first-order valence-corrected chi connectivity index (χ1v) is 12.8. The Labute approximate surface area is 210 Å². The fourth-order valence-corrected chi connectivity index (χ4v) is 3.61. The molecule has 0 fully saturated rings. The van der Waals surface area contributed by atoms with Crippen LogP contribution >= 0.6 is 0 Å². The first kappa shape index (κ1) is 32.7. The van der Waals surface area contributed by atoms with E-state index in [1.54, 1.807) is 20.8 Å². The summed E-state index contributed by atoms with van der Waals surface area (Å²) < 4.78 is 9.82. The zero-order chi connectivity index (χ0) is 27.0. The third-order valence-corrected chi connectivity index (χ3v) is 5.67. The Balaban J connectivity index is 4.36. The van der Waals surface area contributed by atoms with E-state index in [0.717, 1.165) is 44.9 Å². The molecule has 0 bridgehead atoms. The van der Waals surface area contributed by atoms with E-state index in [0.29, 0.717) is 19.3 Å². The van der Waals surface area contributed by atoms with Gasteiger partial charge in [-0.05, 0) is 47.0 Å². The summed E-state index contributed by atoms with van der Waals surface area (Å²) in [7, 11) is 1.18. The van der Waals surface area contributed by atoms with Crippen LogP contribution in [0.25, 0.3) is 0 Å². The third-order valence-electron chi connectivity index (χ3n) is 5.67. The Kier molecular flexibility index (Phi) is 16.1. The molecule has 9 heteroatoms. The van der Waals surface area contributed by atoms with Gasteiger partial charge in [-0.1, -0.05) is 39.0 Å². The van der Waals surface area contributed by atoms with Gasteiger partial charge in [-0.2, -0.15) is 0 Å². The molecule has 3 atom stereocenters. The molecule has 0 heterocycles. The molecule has 0 saturated heterocycles. The summed E-state index contributed by atoms with van der Waals surface area (Å²) in [6.07, 6.45) is 7.05. The van der Waals surface area contributed by atoms with Gasteiger partial charge in [-0.15, -0.1) is 0 Å².